The molecule has 4 aromatic heterocycles. The average molecular weight is 398 g/mol. The van der Waals surface area contributed by atoms with Crippen molar-refractivity contribution in [2.24, 2.45) is 0 Å². The Bertz CT molecular complexity index is 1180. The first-order valence-electron chi connectivity index (χ1n) is 9.19. The summed E-state index contributed by atoms with van der Waals surface area (Å²) in [4.78, 5) is 13.7. The van der Waals surface area contributed by atoms with Crippen LogP contribution in [0.4, 0.5) is 19.0 Å². The number of imidazole rings is 1. The number of pyridine rings is 2. The van der Waals surface area contributed by atoms with Crippen molar-refractivity contribution in [3.05, 3.63) is 77.3 Å². The minimum absolute atomic E-state index is 0.339. The Morgan fingerprint density at radius 2 is 2.03 bits per heavy atom. The number of nitrogens with zero attached hydrogens (tertiary/aromatic N) is 5. The molecule has 0 radical (unpaired) electrons. The minimum atomic E-state index is -4.42. The monoisotopic (exact) mass is 398 g/mol. The van der Waals surface area contributed by atoms with Crippen LogP contribution in [0.25, 0.3) is 5.52 Å². The molecule has 1 aliphatic heterocycles. The van der Waals surface area contributed by atoms with Crippen LogP contribution in [0.3, 0.4) is 0 Å². The van der Waals surface area contributed by atoms with Crippen LogP contribution in [0, 0.1) is 6.92 Å². The van der Waals surface area contributed by atoms with Gasteiger partial charge in [-0.2, -0.15) is 18.3 Å². The van der Waals surface area contributed by atoms with E-state index in [1.807, 2.05) is 40.7 Å². The first-order chi connectivity index (χ1) is 13.9. The van der Waals surface area contributed by atoms with Crippen molar-refractivity contribution in [1.82, 2.24) is 24.6 Å². The number of halogens is 3. The molecule has 4 aromatic rings. The molecule has 9 heteroatoms. The van der Waals surface area contributed by atoms with Crippen LogP contribution in [0.2, 0.25) is 0 Å². The van der Waals surface area contributed by atoms with E-state index < -0.39 is 11.7 Å². The highest BCUT2D eigenvalue weighted by molar-refractivity contribution is 5.57. The number of anilines is 1. The molecule has 0 saturated heterocycles. The lowest BCUT2D eigenvalue weighted by Crippen LogP contribution is -2.37. The number of aromatic amines is 1. The Morgan fingerprint density at radius 3 is 2.76 bits per heavy atom. The smallest absolute Gasteiger partial charge is 0.348 e. The van der Waals surface area contributed by atoms with Gasteiger partial charge in [0.1, 0.15) is 11.9 Å². The van der Waals surface area contributed by atoms with Gasteiger partial charge >= 0.3 is 6.18 Å². The van der Waals surface area contributed by atoms with Crippen molar-refractivity contribution < 1.29 is 13.2 Å². The topological polar surface area (TPSA) is 62.1 Å². The molecular weight excluding hydrogens is 381 g/mol. The van der Waals surface area contributed by atoms with Gasteiger partial charge in [0.15, 0.2) is 0 Å². The van der Waals surface area contributed by atoms with Gasteiger partial charge in [-0.25, -0.2) is 14.5 Å². The van der Waals surface area contributed by atoms with Crippen LogP contribution in [-0.2, 0) is 12.6 Å². The molecule has 148 valence electrons. The summed E-state index contributed by atoms with van der Waals surface area (Å²) in [5, 5.41) is 4.72. The molecule has 0 fully saturated rings. The molecule has 0 unspecified atom stereocenters. The highest BCUT2D eigenvalue weighted by Crippen LogP contribution is 2.37. The van der Waals surface area contributed by atoms with Crippen molar-refractivity contribution in [1.29, 1.82) is 0 Å². The molecule has 0 bridgehead atoms. The summed E-state index contributed by atoms with van der Waals surface area (Å²) >= 11 is 0. The van der Waals surface area contributed by atoms with Crippen molar-refractivity contribution in [3.63, 3.8) is 0 Å². The average Bonchev–Trinajstić information content (AvgIpc) is 3.34. The summed E-state index contributed by atoms with van der Waals surface area (Å²) in [6.07, 6.45) is 0.672. The molecule has 0 saturated carbocycles. The van der Waals surface area contributed by atoms with Crippen molar-refractivity contribution in [2.75, 3.05) is 11.4 Å². The fourth-order valence-corrected chi connectivity index (χ4v) is 3.86. The number of H-pyrrole nitrogens is 1. The SMILES string of the molecule is Cc1cccn2nc([C@H]3c4nc[nH]c4CCN3c3ccc(C(F)(F)F)cn3)cc12. The Morgan fingerprint density at radius 1 is 1.17 bits per heavy atom. The van der Waals surface area contributed by atoms with E-state index in [9.17, 15) is 13.2 Å². The molecule has 5 heterocycles. The van der Waals surface area contributed by atoms with E-state index >= 15 is 0 Å². The van der Waals surface area contributed by atoms with E-state index in [0.29, 0.717) is 18.8 Å². The number of nitrogens with one attached hydrogen (secondary N) is 1. The van der Waals surface area contributed by atoms with E-state index in [4.69, 9.17) is 5.10 Å². The van der Waals surface area contributed by atoms with Gasteiger partial charge in [-0.3, -0.25) is 0 Å². The van der Waals surface area contributed by atoms with Crippen molar-refractivity contribution >= 4 is 11.3 Å². The molecule has 0 aromatic carbocycles. The summed E-state index contributed by atoms with van der Waals surface area (Å²) < 4.78 is 40.6. The molecule has 1 atom stereocenters. The van der Waals surface area contributed by atoms with Crippen LogP contribution < -0.4 is 4.90 Å². The van der Waals surface area contributed by atoms with Crippen LogP contribution in [0.5, 0.6) is 0 Å². The van der Waals surface area contributed by atoms with Crippen LogP contribution in [0.1, 0.15) is 34.3 Å². The number of hydrogen-bond acceptors (Lipinski definition) is 4. The number of aromatic nitrogens is 5. The Kier molecular flexibility index (Phi) is 3.87. The molecule has 0 amide bonds. The molecular formula is C20H17F3N6. The normalized spacial score (nSPS) is 17.0. The third-order valence-electron chi connectivity index (χ3n) is 5.31. The van der Waals surface area contributed by atoms with Crippen LogP contribution in [-0.4, -0.2) is 31.1 Å². The first kappa shape index (κ1) is 17.7. The summed E-state index contributed by atoms with van der Waals surface area (Å²) in [7, 11) is 0. The number of aryl methyl sites for hydroxylation is 1. The highest BCUT2D eigenvalue weighted by Gasteiger charge is 2.35. The van der Waals surface area contributed by atoms with Gasteiger partial charge in [0.2, 0.25) is 0 Å². The lowest BCUT2D eigenvalue weighted by atomic mass is 9.99. The molecule has 0 spiro atoms. The third-order valence-corrected chi connectivity index (χ3v) is 5.31. The maximum Gasteiger partial charge on any atom is 0.417 e. The summed E-state index contributed by atoms with van der Waals surface area (Å²) in [5.41, 5.74) is 3.90. The zero-order chi connectivity index (χ0) is 20.2. The quantitative estimate of drug-likeness (QED) is 0.556. The summed E-state index contributed by atoms with van der Waals surface area (Å²) in [6.45, 7) is 2.60. The molecule has 0 aliphatic carbocycles. The highest BCUT2D eigenvalue weighted by atomic mass is 19.4. The zero-order valence-electron chi connectivity index (χ0n) is 15.5. The number of alkyl halides is 3. The largest absolute Gasteiger partial charge is 0.417 e. The second-order valence-corrected chi connectivity index (χ2v) is 7.11. The predicted molar refractivity (Wildman–Crippen MR) is 101 cm³/mol. The van der Waals surface area contributed by atoms with Gasteiger partial charge < -0.3 is 9.88 Å². The Hall–Kier alpha value is -3.36. The maximum atomic E-state index is 12.9. The van der Waals surface area contributed by atoms with Gasteiger partial charge in [-0.15, -0.1) is 0 Å². The van der Waals surface area contributed by atoms with E-state index in [1.54, 1.807) is 6.33 Å². The summed E-state index contributed by atoms with van der Waals surface area (Å²) in [5.74, 6) is 0.463. The van der Waals surface area contributed by atoms with Crippen LogP contribution in [0.15, 0.2) is 49.1 Å². The second kappa shape index (κ2) is 6.33. The van der Waals surface area contributed by atoms with Crippen LogP contribution >= 0.6 is 0 Å². The number of fused-ring (bicyclic) bond motifs is 2. The molecule has 1 N–H and O–H groups in total. The zero-order valence-corrected chi connectivity index (χ0v) is 15.5. The van der Waals surface area contributed by atoms with Gasteiger partial charge in [0.25, 0.3) is 0 Å². The van der Waals surface area contributed by atoms with Crippen molar-refractivity contribution in [2.45, 2.75) is 25.6 Å². The van der Waals surface area contributed by atoms with E-state index in [1.165, 1.54) is 6.07 Å². The molecule has 1 aliphatic rings. The fraction of sp³-hybridized carbons (Fsp3) is 0.250. The lowest BCUT2D eigenvalue weighted by molar-refractivity contribution is -0.137. The van der Waals surface area contributed by atoms with Crippen molar-refractivity contribution in [3.8, 4) is 0 Å². The van der Waals surface area contributed by atoms with Gasteiger partial charge in [0.05, 0.1) is 28.8 Å². The third kappa shape index (κ3) is 2.93. The Balaban J connectivity index is 1.61. The predicted octanol–water partition coefficient (Wildman–Crippen LogP) is 3.93. The first-order valence-corrected chi connectivity index (χ1v) is 9.19. The second-order valence-electron chi connectivity index (χ2n) is 7.11. The summed E-state index contributed by atoms with van der Waals surface area (Å²) in [6, 6.07) is 8.07. The fourth-order valence-electron chi connectivity index (χ4n) is 3.86. The number of rotatable bonds is 2. The standard InChI is InChI=1S/C20H17F3N6/c1-12-3-2-7-29-16(12)9-15(27-29)19-18-14(25-11-26-18)6-8-28(19)17-5-4-13(10-24-17)20(21,22)23/h2-5,7,9-11,19H,6,8H2,1H3,(H,25,26)/t19-/m0/s1. The minimum Gasteiger partial charge on any atom is -0.348 e. The van der Waals surface area contributed by atoms with Gasteiger partial charge in [-0.05, 0) is 36.8 Å². The maximum absolute atomic E-state index is 12.9. The van der Waals surface area contributed by atoms with Gasteiger partial charge in [0, 0.05) is 31.1 Å². The van der Waals surface area contributed by atoms with Gasteiger partial charge in [-0.1, -0.05) is 6.07 Å². The lowest BCUT2D eigenvalue weighted by Gasteiger charge is -2.35. The molecule has 5 rings (SSSR count). The van der Waals surface area contributed by atoms with E-state index in [-0.39, 0.29) is 6.04 Å². The Labute approximate surface area is 164 Å². The van der Waals surface area contributed by atoms with E-state index in [2.05, 4.69) is 15.0 Å². The molecule has 6 nitrogen and oxygen atoms in total. The number of hydrogen-bond donors (Lipinski definition) is 1. The van der Waals surface area contributed by atoms with E-state index in [0.717, 1.165) is 40.4 Å². The molecule has 29 heavy (non-hydrogen) atoms.